The number of sulfone groups is 1. The Morgan fingerprint density at radius 2 is 1.87 bits per heavy atom. The SMILES string of the molecule is CCN(CC)CCNC(=O)c1cc(S(=O)(=O)CC)ccc1OC. The zero-order valence-corrected chi connectivity index (χ0v) is 15.1. The molecule has 0 saturated heterocycles. The number of hydrogen-bond donors (Lipinski definition) is 1. The lowest BCUT2D eigenvalue weighted by Gasteiger charge is -2.18. The lowest BCUT2D eigenvalue weighted by Crippen LogP contribution is -2.35. The summed E-state index contributed by atoms with van der Waals surface area (Å²) >= 11 is 0. The molecule has 130 valence electrons. The van der Waals surface area contributed by atoms with E-state index in [0.29, 0.717) is 12.3 Å². The Hall–Kier alpha value is -1.60. The summed E-state index contributed by atoms with van der Waals surface area (Å²) in [6.07, 6.45) is 0. The second-order valence-corrected chi connectivity index (χ2v) is 7.33. The molecule has 1 aromatic carbocycles. The molecular formula is C16H26N2O4S. The van der Waals surface area contributed by atoms with Crippen molar-refractivity contribution >= 4 is 15.7 Å². The fraction of sp³-hybridized carbons (Fsp3) is 0.562. The van der Waals surface area contributed by atoms with Crippen molar-refractivity contribution in [2.75, 3.05) is 39.0 Å². The maximum absolute atomic E-state index is 12.3. The summed E-state index contributed by atoms with van der Waals surface area (Å²) in [4.78, 5) is 14.7. The highest BCUT2D eigenvalue weighted by Gasteiger charge is 2.18. The molecule has 1 aromatic rings. The van der Waals surface area contributed by atoms with Gasteiger partial charge in [0.05, 0.1) is 23.3 Å². The predicted molar refractivity (Wildman–Crippen MR) is 90.8 cm³/mol. The molecule has 0 spiro atoms. The molecule has 0 heterocycles. The number of rotatable bonds is 9. The van der Waals surface area contributed by atoms with Crippen LogP contribution in [0.25, 0.3) is 0 Å². The van der Waals surface area contributed by atoms with Crippen molar-refractivity contribution in [3.63, 3.8) is 0 Å². The summed E-state index contributed by atoms with van der Waals surface area (Å²) in [6, 6.07) is 4.36. The number of nitrogens with zero attached hydrogens (tertiary/aromatic N) is 1. The van der Waals surface area contributed by atoms with Crippen molar-refractivity contribution in [1.82, 2.24) is 10.2 Å². The smallest absolute Gasteiger partial charge is 0.255 e. The van der Waals surface area contributed by atoms with Gasteiger partial charge in [-0.05, 0) is 31.3 Å². The lowest BCUT2D eigenvalue weighted by molar-refractivity contribution is 0.0945. The minimum Gasteiger partial charge on any atom is -0.496 e. The van der Waals surface area contributed by atoms with Crippen LogP contribution in [0.15, 0.2) is 23.1 Å². The molecule has 0 aliphatic carbocycles. The first kappa shape index (κ1) is 19.4. The van der Waals surface area contributed by atoms with Crippen LogP contribution >= 0.6 is 0 Å². The number of likely N-dealkylation sites (N-methyl/N-ethyl adjacent to an activating group) is 1. The first-order chi connectivity index (χ1) is 10.9. The first-order valence-corrected chi connectivity index (χ1v) is 9.46. The molecule has 1 amide bonds. The van der Waals surface area contributed by atoms with Gasteiger partial charge in [0.15, 0.2) is 9.84 Å². The van der Waals surface area contributed by atoms with Crippen LogP contribution in [-0.2, 0) is 9.84 Å². The second-order valence-electron chi connectivity index (χ2n) is 5.05. The van der Waals surface area contributed by atoms with Gasteiger partial charge in [-0.1, -0.05) is 20.8 Å². The molecular weight excluding hydrogens is 316 g/mol. The predicted octanol–water partition coefficient (Wildman–Crippen LogP) is 1.56. The van der Waals surface area contributed by atoms with E-state index < -0.39 is 9.84 Å². The Labute approximate surface area is 138 Å². The van der Waals surface area contributed by atoms with Gasteiger partial charge in [0.2, 0.25) is 0 Å². The van der Waals surface area contributed by atoms with Crippen LogP contribution in [-0.4, -0.2) is 58.3 Å². The Balaban J connectivity index is 2.92. The Kier molecular flexibility index (Phi) is 7.51. The highest BCUT2D eigenvalue weighted by atomic mass is 32.2. The largest absolute Gasteiger partial charge is 0.496 e. The molecule has 6 nitrogen and oxygen atoms in total. The number of carbonyl (C=O) groups excluding carboxylic acids is 1. The molecule has 1 rings (SSSR count). The van der Waals surface area contributed by atoms with E-state index in [1.807, 2.05) is 0 Å². The van der Waals surface area contributed by atoms with E-state index in [2.05, 4.69) is 24.1 Å². The van der Waals surface area contributed by atoms with Crippen molar-refractivity contribution in [3.8, 4) is 5.75 Å². The Bertz CT molecular complexity index is 625. The molecule has 1 N–H and O–H groups in total. The first-order valence-electron chi connectivity index (χ1n) is 7.80. The number of benzene rings is 1. The van der Waals surface area contributed by atoms with Crippen LogP contribution < -0.4 is 10.1 Å². The minimum absolute atomic E-state index is 0.0116. The van der Waals surface area contributed by atoms with Gasteiger partial charge < -0.3 is 15.0 Å². The maximum Gasteiger partial charge on any atom is 0.255 e. The zero-order chi connectivity index (χ0) is 17.5. The Morgan fingerprint density at radius 3 is 2.39 bits per heavy atom. The number of carbonyl (C=O) groups is 1. The third-order valence-electron chi connectivity index (χ3n) is 3.76. The average Bonchev–Trinajstić information content (AvgIpc) is 2.57. The van der Waals surface area contributed by atoms with Gasteiger partial charge >= 0.3 is 0 Å². The van der Waals surface area contributed by atoms with Crippen LogP contribution in [0.2, 0.25) is 0 Å². The van der Waals surface area contributed by atoms with Gasteiger partial charge in [0.1, 0.15) is 5.75 Å². The number of amides is 1. The monoisotopic (exact) mass is 342 g/mol. The molecule has 23 heavy (non-hydrogen) atoms. The molecule has 0 radical (unpaired) electrons. The van der Waals surface area contributed by atoms with Gasteiger partial charge in [0.25, 0.3) is 5.91 Å². The number of nitrogens with one attached hydrogen (secondary N) is 1. The average molecular weight is 342 g/mol. The normalized spacial score (nSPS) is 11.5. The van der Waals surface area contributed by atoms with Crippen molar-refractivity contribution in [2.24, 2.45) is 0 Å². The van der Waals surface area contributed by atoms with Crippen molar-refractivity contribution < 1.29 is 17.9 Å². The van der Waals surface area contributed by atoms with E-state index in [4.69, 9.17) is 4.74 Å². The number of ether oxygens (including phenoxy) is 1. The molecule has 7 heteroatoms. The highest BCUT2D eigenvalue weighted by Crippen LogP contribution is 2.23. The second kappa shape index (κ2) is 8.88. The molecule has 0 aromatic heterocycles. The summed E-state index contributed by atoms with van der Waals surface area (Å²) in [5.74, 6) is 0.0186. The van der Waals surface area contributed by atoms with E-state index in [9.17, 15) is 13.2 Å². The van der Waals surface area contributed by atoms with Crippen LogP contribution in [0, 0.1) is 0 Å². The number of hydrogen-bond acceptors (Lipinski definition) is 5. The van der Waals surface area contributed by atoms with Crippen LogP contribution in [0.3, 0.4) is 0 Å². The van der Waals surface area contributed by atoms with E-state index in [1.165, 1.54) is 25.3 Å². The molecule has 0 aliphatic heterocycles. The maximum atomic E-state index is 12.3. The number of methoxy groups -OCH3 is 1. The van der Waals surface area contributed by atoms with E-state index >= 15 is 0 Å². The molecule has 0 unspecified atom stereocenters. The van der Waals surface area contributed by atoms with Gasteiger partial charge in [0, 0.05) is 13.1 Å². The summed E-state index contributed by atoms with van der Waals surface area (Å²) in [5.41, 5.74) is 0.238. The summed E-state index contributed by atoms with van der Waals surface area (Å²) in [7, 11) is -1.91. The molecule has 0 bridgehead atoms. The quantitative estimate of drug-likeness (QED) is 0.737. The van der Waals surface area contributed by atoms with Crippen molar-refractivity contribution in [2.45, 2.75) is 25.7 Å². The molecule has 0 atom stereocenters. The fourth-order valence-corrected chi connectivity index (χ4v) is 3.09. The topological polar surface area (TPSA) is 75.7 Å². The molecule has 0 fully saturated rings. The molecule has 0 saturated carbocycles. The van der Waals surface area contributed by atoms with E-state index in [-0.39, 0.29) is 22.1 Å². The zero-order valence-electron chi connectivity index (χ0n) is 14.3. The van der Waals surface area contributed by atoms with Crippen molar-refractivity contribution in [3.05, 3.63) is 23.8 Å². The fourth-order valence-electron chi connectivity index (χ4n) is 2.19. The summed E-state index contributed by atoms with van der Waals surface area (Å²) in [5, 5.41) is 2.81. The van der Waals surface area contributed by atoms with Gasteiger partial charge in [-0.2, -0.15) is 0 Å². The highest BCUT2D eigenvalue weighted by molar-refractivity contribution is 7.91. The Morgan fingerprint density at radius 1 is 1.22 bits per heavy atom. The van der Waals surface area contributed by atoms with E-state index in [0.717, 1.165) is 19.6 Å². The lowest BCUT2D eigenvalue weighted by atomic mass is 10.2. The van der Waals surface area contributed by atoms with Gasteiger partial charge in [-0.3, -0.25) is 4.79 Å². The molecule has 0 aliphatic rings. The van der Waals surface area contributed by atoms with E-state index in [1.54, 1.807) is 6.92 Å². The van der Waals surface area contributed by atoms with Gasteiger partial charge in [-0.15, -0.1) is 0 Å². The standard InChI is InChI=1S/C16H26N2O4S/c1-5-18(6-2)11-10-17-16(19)14-12-13(23(20,21)7-3)8-9-15(14)22-4/h8-9,12H,5-7,10-11H2,1-4H3,(H,17,19). The minimum atomic E-state index is -3.36. The summed E-state index contributed by atoms with van der Waals surface area (Å²) in [6.45, 7) is 8.77. The third kappa shape index (κ3) is 5.21. The summed E-state index contributed by atoms with van der Waals surface area (Å²) < 4.78 is 29.1. The van der Waals surface area contributed by atoms with Crippen molar-refractivity contribution in [1.29, 1.82) is 0 Å². The van der Waals surface area contributed by atoms with Crippen LogP contribution in [0.4, 0.5) is 0 Å². The van der Waals surface area contributed by atoms with Crippen LogP contribution in [0.1, 0.15) is 31.1 Å². The van der Waals surface area contributed by atoms with Crippen LogP contribution in [0.5, 0.6) is 5.75 Å². The third-order valence-corrected chi connectivity index (χ3v) is 5.49. The van der Waals surface area contributed by atoms with Gasteiger partial charge in [-0.25, -0.2) is 8.42 Å².